The van der Waals surface area contributed by atoms with Crippen LogP contribution in [0.1, 0.15) is 58.8 Å². The molecule has 0 N–H and O–H groups in total. The number of hydrogen-bond donors (Lipinski definition) is 0. The van der Waals surface area contributed by atoms with Crippen LogP contribution >= 0.6 is 0 Å². The number of likely N-dealkylation sites (tertiary alicyclic amines) is 2. The van der Waals surface area contributed by atoms with Crippen molar-refractivity contribution in [3.63, 3.8) is 0 Å². The van der Waals surface area contributed by atoms with Crippen molar-refractivity contribution < 1.29 is 4.79 Å². The van der Waals surface area contributed by atoms with Crippen LogP contribution in [0.5, 0.6) is 0 Å². The maximum absolute atomic E-state index is 12.5. The third kappa shape index (κ3) is 2.61. The van der Waals surface area contributed by atoms with Gasteiger partial charge >= 0.3 is 0 Å². The lowest BCUT2D eigenvalue weighted by Crippen LogP contribution is -2.68. The van der Waals surface area contributed by atoms with E-state index >= 15 is 0 Å². The van der Waals surface area contributed by atoms with Gasteiger partial charge in [-0.3, -0.25) is 4.79 Å². The summed E-state index contributed by atoms with van der Waals surface area (Å²) in [5.74, 6) is 1.33. The summed E-state index contributed by atoms with van der Waals surface area (Å²) in [6.45, 7) is 8.76. The normalized spacial score (nSPS) is 33.0. The van der Waals surface area contributed by atoms with Crippen molar-refractivity contribution in [2.45, 2.75) is 64.8 Å². The van der Waals surface area contributed by atoms with Crippen LogP contribution in [0, 0.1) is 11.3 Å². The van der Waals surface area contributed by atoms with Crippen LogP contribution < -0.4 is 0 Å². The molecule has 3 heteroatoms. The molecule has 1 saturated carbocycles. The number of piperidine rings is 1. The van der Waals surface area contributed by atoms with E-state index in [9.17, 15) is 4.79 Å². The van der Waals surface area contributed by atoms with Crippen molar-refractivity contribution >= 4 is 5.91 Å². The number of carbonyl (C=O) groups excluding carboxylic acids is 1. The maximum Gasteiger partial charge on any atom is 0.232 e. The molecule has 1 atom stereocenters. The first kappa shape index (κ1) is 14.4. The van der Waals surface area contributed by atoms with Crippen molar-refractivity contribution in [1.29, 1.82) is 0 Å². The summed E-state index contributed by atoms with van der Waals surface area (Å²) < 4.78 is 0. The summed E-state index contributed by atoms with van der Waals surface area (Å²) >= 11 is 0. The van der Waals surface area contributed by atoms with Gasteiger partial charge in [-0.1, -0.05) is 19.3 Å². The Morgan fingerprint density at radius 3 is 2.55 bits per heavy atom. The first-order valence-electron chi connectivity index (χ1n) is 8.64. The lowest BCUT2D eigenvalue weighted by Gasteiger charge is -2.55. The molecule has 1 spiro atoms. The van der Waals surface area contributed by atoms with E-state index in [0.29, 0.717) is 11.9 Å². The van der Waals surface area contributed by atoms with E-state index < -0.39 is 0 Å². The fraction of sp³-hybridized carbons (Fsp3) is 0.941. The predicted octanol–water partition coefficient (Wildman–Crippen LogP) is 2.90. The summed E-state index contributed by atoms with van der Waals surface area (Å²) in [6, 6.07) is 0.377. The molecule has 3 fully saturated rings. The fourth-order valence-electron chi connectivity index (χ4n) is 4.52. The molecule has 3 nitrogen and oxygen atoms in total. The quantitative estimate of drug-likeness (QED) is 0.741. The standard InChI is InChI=1S/C17H30N2O/c1-14(2)19-13-17(16(19)20)9-6-10-18(12-17)11-15-7-4-3-5-8-15/h14-15H,3-13H2,1-2H3. The van der Waals surface area contributed by atoms with Gasteiger partial charge in [-0.15, -0.1) is 0 Å². The Bertz CT molecular complexity index is 362. The highest BCUT2D eigenvalue weighted by Gasteiger charge is 2.54. The summed E-state index contributed by atoms with van der Waals surface area (Å²) in [4.78, 5) is 17.2. The average molecular weight is 278 g/mol. The number of amides is 1. The van der Waals surface area contributed by atoms with Crippen LogP contribution in [0.15, 0.2) is 0 Å². The minimum absolute atomic E-state index is 0.00279. The lowest BCUT2D eigenvalue weighted by atomic mass is 9.71. The molecule has 3 rings (SSSR count). The minimum Gasteiger partial charge on any atom is -0.339 e. The molecule has 2 heterocycles. The summed E-state index contributed by atoms with van der Waals surface area (Å²) in [5, 5.41) is 0. The Labute approximate surface area is 123 Å². The smallest absolute Gasteiger partial charge is 0.232 e. The zero-order valence-corrected chi connectivity index (χ0v) is 13.2. The Balaban J connectivity index is 1.56. The molecular weight excluding hydrogens is 248 g/mol. The second-order valence-electron chi connectivity index (χ2n) is 7.65. The highest BCUT2D eigenvalue weighted by molar-refractivity contribution is 5.89. The molecule has 0 aromatic carbocycles. The number of carbonyl (C=O) groups is 1. The molecule has 20 heavy (non-hydrogen) atoms. The Kier molecular flexibility index (Phi) is 4.07. The third-order valence-corrected chi connectivity index (χ3v) is 5.71. The Hall–Kier alpha value is -0.570. The largest absolute Gasteiger partial charge is 0.339 e. The first-order valence-corrected chi connectivity index (χ1v) is 8.64. The van der Waals surface area contributed by atoms with Crippen molar-refractivity contribution in [2.75, 3.05) is 26.2 Å². The van der Waals surface area contributed by atoms with E-state index in [1.807, 2.05) is 0 Å². The Morgan fingerprint density at radius 1 is 1.15 bits per heavy atom. The number of β-lactam (4-membered cyclic amide) rings is 1. The molecule has 1 aliphatic carbocycles. The van der Waals surface area contributed by atoms with E-state index in [4.69, 9.17) is 0 Å². The number of nitrogens with zero attached hydrogens (tertiary/aromatic N) is 2. The van der Waals surface area contributed by atoms with E-state index in [1.54, 1.807) is 0 Å². The highest BCUT2D eigenvalue weighted by Crippen LogP contribution is 2.41. The van der Waals surface area contributed by atoms with Crippen LogP contribution in [0.4, 0.5) is 0 Å². The van der Waals surface area contributed by atoms with Gasteiger partial charge in [-0.25, -0.2) is 0 Å². The molecule has 2 aliphatic heterocycles. The maximum atomic E-state index is 12.5. The molecule has 0 bridgehead atoms. The topological polar surface area (TPSA) is 23.6 Å². The van der Waals surface area contributed by atoms with Gasteiger partial charge in [0, 0.05) is 25.7 Å². The van der Waals surface area contributed by atoms with Gasteiger partial charge in [-0.05, 0) is 52.0 Å². The first-order chi connectivity index (χ1) is 9.61. The Morgan fingerprint density at radius 2 is 1.90 bits per heavy atom. The van der Waals surface area contributed by atoms with E-state index in [0.717, 1.165) is 25.4 Å². The average Bonchev–Trinajstić information content (AvgIpc) is 2.46. The van der Waals surface area contributed by atoms with Crippen molar-refractivity contribution in [3.05, 3.63) is 0 Å². The predicted molar refractivity (Wildman–Crippen MR) is 81.5 cm³/mol. The highest BCUT2D eigenvalue weighted by atomic mass is 16.2. The van der Waals surface area contributed by atoms with Crippen LogP contribution in [0.2, 0.25) is 0 Å². The molecular formula is C17H30N2O. The molecule has 2 saturated heterocycles. The van der Waals surface area contributed by atoms with E-state index in [2.05, 4.69) is 23.6 Å². The molecule has 0 aromatic heterocycles. The van der Waals surface area contributed by atoms with E-state index in [-0.39, 0.29) is 5.41 Å². The zero-order chi connectivity index (χ0) is 14.2. The van der Waals surface area contributed by atoms with Crippen LogP contribution in [-0.2, 0) is 4.79 Å². The number of rotatable bonds is 3. The van der Waals surface area contributed by atoms with Crippen molar-refractivity contribution in [2.24, 2.45) is 11.3 Å². The van der Waals surface area contributed by atoms with Gasteiger partial charge in [-0.2, -0.15) is 0 Å². The van der Waals surface area contributed by atoms with Gasteiger partial charge in [0.15, 0.2) is 0 Å². The van der Waals surface area contributed by atoms with Gasteiger partial charge in [0.05, 0.1) is 5.41 Å². The lowest BCUT2D eigenvalue weighted by molar-refractivity contribution is -0.169. The minimum atomic E-state index is -0.00279. The fourth-order valence-corrected chi connectivity index (χ4v) is 4.52. The summed E-state index contributed by atoms with van der Waals surface area (Å²) in [7, 11) is 0. The second-order valence-corrected chi connectivity index (χ2v) is 7.65. The molecule has 0 radical (unpaired) electrons. The molecule has 114 valence electrons. The number of hydrogen-bond acceptors (Lipinski definition) is 2. The van der Waals surface area contributed by atoms with Gasteiger partial charge < -0.3 is 9.80 Å². The van der Waals surface area contributed by atoms with Crippen LogP contribution in [-0.4, -0.2) is 47.9 Å². The molecule has 1 amide bonds. The molecule has 0 aromatic rings. The van der Waals surface area contributed by atoms with Crippen molar-refractivity contribution in [3.8, 4) is 0 Å². The van der Waals surface area contributed by atoms with Gasteiger partial charge in [0.1, 0.15) is 0 Å². The zero-order valence-electron chi connectivity index (χ0n) is 13.2. The SMILES string of the molecule is CC(C)N1CC2(CCCN(CC3CCCCC3)C2)C1=O. The second kappa shape index (κ2) is 5.67. The van der Waals surface area contributed by atoms with Crippen LogP contribution in [0.3, 0.4) is 0 Å². The van der Waals surface area contributed by atoms with Gasteiger partial charge in [0.25, 0.3) is 0 Å². The van der Waals surface area contributed by atoms with Crippen LogP contribution in [0.25, 0.3) is 0 Å². The van der Waals surface area contributed by atoms with E-state index in [1.165, 1.54) is 51.6 Å². The monoisotopic (exact) mass is 278 g/mol. The summed E-state index contributed by atoms with van der Waals surface area (Å²) in [6.07, 6.45) is 9.43. The molecule has 3 aliphatic rings. The molecule has 1 unspecified atom stereocenters. The van der Waals surface area contributed by atoms with Crippen molar-refractivity contribution in [1.82, 2.24) is 9.80 Å². The third-order valence-electron chi connectivity index (χ3n) is 5.71. The summed E-state index contributed by atoms with van der Waals surface area (Å²) in [5.41, 5.74) is -0.00279. The van der Waals surface area contributed by atoms with Gasteiger partial charge in [0.2, 0.25) is 5.91 Å².